The number of hydrogen-bond donors (Lipinski definition) is 1. The van der Waals surface area contributed by atoms with Gasteiger partial charge in [-0.05, 0) is 27.7 Å². The molecule has 0 saturated carbocycles. The summed E-state index contributed by atoms with van der Waals surface area (Å²) in [7, 11) is 0. The number of aliphatic hydroxyl groups excluding tert-OH is 1. The highest BCUT2D eigenvalue weighted by molar-refractivity contribution is 5.29. The Bertz CT molecular complexity index is 648. The van der Waals surface area contributed by atoms with Crippen molar-refractivity contribution in [2.45, 2.75) is 58.7 Å². The molecule has 2 nitrogen and oxygen atoms in total. The zero-order valence-corrected chi connectivity index (χ0v) is 15.6. The van der Waals surface area contributed by atoms with Crippen LogP contribution in [0.2, 0.25) is 0 Å². The van der Waals surface area contributed by atoms with E-state index in [-0.39, 0.29) is 17.4 Å². The van der Waals surface area contributed by atoms with Crippen LogP contribution in [0.4, 0.5) is 0 Å². The summed E-state index contributed by atoms with van der Waals surface area (Å²) in [5.41, 5.74) is 4.81. The highest BCUT2D eigenvalue weighted by Crippen LogP contribution is 2.26. The molecule has 0 atom stereocenters. The average Bonchev–Trinajstić information content (AvgIpc) is 2.54. The Kier molecular flexibility index (Phi) is 5.84. The monoisotopic (exact) mass is 326 g/mol. The maximum atomic E-state index is 9.15. The van der Waals surface area contributed by atoms with Gasteiger partial charge in [0.25, 0.3) is 0 Å². The fraction of sp³-hybridized carbons (Fsp3) is 0.455. The van der Waals surface area contributed by atoms with Crippen LogP contribution in [0.5, 0.6) is 0 Å². The number of rotatable bonds is 6. The molecule has 2 heteroatoms. The smallest absolute Gasteiger partial charge is 0.0717 e. The lowest BCUT2D eigenvalue weighted by molar-refractivity contribution is 0.0824. The van der Waals surface area contributed by atoms with Gasteiger partial charge in [0.05, 0.1) is 19.8 Å². The Labute approximate surface area is 146 Å². The normalized spacial score (nSPS) is 12.4. The molecule has 0 amide bonds. The summed E-state index contributed by atoms with van der Waals surface area (Å²) >= 11 is 0. The van der Waals surface area contributed by atoms with Gasteiger partial charge in [-0.2, -0.15) is 0 Å². The minimum atomic E-state index is -0.0599. The second-order valence-electron chi connectivity index (χ2n) is 8.18. The zero-order valence-electron chi connectivity index (χ0n) is 15.6. The standard InChI is InChI=1S/C22H30O2/c1-21(2,3)20-8-6-7-18(13-20)15-24-16-22(4,5)19-11-9-17(14-23)10-12-19/h6-13,23H,14-16H2,1-5H3. The lowest BCUT2D eigenvalue weighted by atomic mass is 9.85. The minimum absolute atomic E-state index is 0.0599. The van der Waals surface area contributed by atoms with Crippen LogP contribution in [0.1, 0.15) is 56.9 Å². The minimum Gasteiger partial charge on any atom is -0.392 e. The van der Waals surface area contributed by atoms with E-state index in [0.717, 1.165) is 5.56 Å². The first-order valence-corrected chi connectivity index (χ1v) is 8.60. The van der Waals surface area contributed by atoms with E-state index in [4.69, 9.17) is 9.84 Å². The van der Waals surface area contributed by atoms with Crippen molar-refractivity contribution in [3.63, 3.8) is 0 Å². The highest BCUT2D eigenvalue weighted by atomic mass is 16.5. The summed E-state index contributed by atoms with van der Waals surface area (Å²) in [5.74, 6) is 0. The van der Waals surface area contributed by atoms with Crippen LogP contribution in [-0.2, 0) is 28.8 Å². The molecule has 0 saturated heterocycles. The van der Waals surface area contributed by atoms with E-state index < -0.39 is 0 Å². The fourth-order valence-corrected chi connectivity index (χ4v) is 2.70. The van der Waals surface area contributed by atoms with Gasteiger partial charge in [-0.25, -0.2) is 0 Å². The van der Waals surface area contributed by atoms with Crippen LogP contribution in [-0.4, -0.2) is 11.7 Å². The SMILES string of the molecule is CC(C)(C)c1cccc(COCC(C)(C)c2ccc(CO)cc2)c1. The van der Waals surface area contributed by atoms with Crippen molar-refractivity contribution < 1.29 is 9.84 Å². The van der Waals surface area contributed by atoms with Crippen molar-refractivity contribution in [3.05, 3.63) is 70.8 Å². The quantitative estimate of drug-likeness (QED) is 0.812. The number of ether oxygens (including phenoxy) is 1. The van der Waals surface area contributed by atoms with E-state index in [1.165, 1.54) is 16.7 Å². The summed E-state index contributed by atoms with van der Waals surface area (Å²) in [6, 6.07) is 16.8. The first kappa shape index (κ1) is 18.7. The molecule has 0 unspecified atom stereocenters. The highest BCUT2D eigenvalue weighted by Gasteiger charge is 2.21. The molecule has 0 aromatic heterocycles. The number of aliphatic hydroxyl groups is 1. The molecule has 2 rings (SSSR count). The molecule has 1 N–H and O–H groups in total. The first-order valence-electron chi connectivity index (χ1n) is 8.60. The van der Waals surface area contributed by atoms with E-state index in [1.54, 1.807) is 0 Å². The summed E-state index contributed by atoms with van der Waals surface area (Å²) in [6.07, 6.45) is 0. The van der Waals surface area contributed by atoms with Gasteiger partial charge in [-0.3, -0.25) is 0 Å². The van der Waals surface area contributed by atoms with Gasteiger partial charge in [-0.15, -0.1) is 0 Å². The van der Waals surface area contributed by atoms with Gasteiger partial charge < -0.3 is 9.84 Å². The molecular formula is C22H30O2. The molecule has 24 heavy (non-hydrogen) atoms. The molecule has 2 aromatic rings. The largest absolute Gasteiger partial charge is 0.392 e. The Morgan fingerprint density at radius 1 is 0.833 bits per heavy atom. The molecule has 2 aromatic carbocycles. The predicted molar refractivity (Wildman–Crippen MR) is 100 cm³/mol. The number of hydrogen-bond acceptors (Lipinski definition) is 2. The summed E-state index contributed by atoms with van der Waals surface area (Å²) < 4.78 is 6.01. The maximum absolute atomic E-state index is 9.15. The fourth-order valence-electron chi connectivity index (χ4n) is 2.70. The second kappa shape index (κ2) is 7.50. The van der Waals surface area contributed by atoms with Crippen LogP contribution in [0, 0.1) is 0 Å². The Balaban J connectivity index is 1.97. The van der Waals surface area contributed by atoms with Crippen molar-refractivity contribution in [2.24, 2.45) is 0 Å². The third-order valence-electron chi connectivity index (χ3n) is 4.44. The van der Waals surface area contributed by atoms with Crippen molar-refractivity contribution in [3.8, 4) is 0 Å². The van der Waals surface area contributed by atoms with E-state index in [9.17, 15) is 0 Å². The topological polar surface area (TPSA) is 29.5 Å². The van der Waals surface area contributed by atoms with Gasteiger partial charge in [0, 0.05) is 5.41 Å². The predicted octanol–water partition coefficient (Wildman–Crippen LogP) is 4.97. The molecule has 0 fully saturated rings. The van der Waals surface area contributed by atoms with Gasteiger partial charge in [-0.1, -0.05) is 83.1 Å². The third-order valence-corrected chi connectivity index (χ3v) is 4.44. The number of benzene rings is 2. The van der Waals surface area contributed by atoms with E-state index in [2.05, 4.69) is 71.0 Å². The van der Waals surface area contributed by atoms with Crippen LogP contribution < -0.4 is 0 Å². The summed E-state index contributed by atoms with van der Waals surface area (Å²) in [4.78, 5) is 0. The van der Waals surface area contributed by atoms with E-state index in [0.29, 0.717) is 13.2 Å². The summed E-state index contributed by atoms with van der Waals surface area (Å²) in [6.45, 7) is 12.4. The molecule has 0 heterocycles. The molecule has 0 radical (unpaired) electrons. The Hall–Kier alpha value is -1.64. The Morgan fingerprint density at radius 3 is 2.08 bits per heavy atom. The average molecular weight is 326 g/mol. The second-order valence-corrected chi connectivity index (χ2v) is 8.18. The third kappa shape index (κ3) is 4.93. The van der Waals surface area contributed by atoms with Gasteiger partial charge in [0.1, 0.15) is 0 Å². The molecule has 0 spiro atoms. The van der Waals surface area contributed by atoms with Gasteiger partial charge in [0.15, 0.2) is 0 Å². The van der Waals surface area contributed by atoms with E-state index >= 15 is 0 Å². The van der Waals surface area contributed by atoms with Crippen LogP contribution in [0.15, 0.2) is 48.5 Å². The van der Waals surface area contributed by atoms with E-state index in [1.807, 2.05) is 12.1 Å². The van der Waals surface area contributed by atoms with Crippen molar-refractivity contribution in [1.82, 2.24) is 0 Å². The molecule has 0 aliphatic rings. The van der Waals surface area contributed by atoms with Crippen molar-refractivity contribution >= 4 is 0 Å². The molecule has 0 aliphatic heterocycles. The Morgan fingerprint density at radius 2 is 1.50 bits per heavy atom. The maximum Gasteiger partial charge on any atom is 0.0717 e. The molecular weight excluding hydrogens is 296 g/mol. The lowest BCUT2D eigenvalue weighted by Crippen LogP contribution is -2.24. The van der Waals surface area contributed by atoms with Crippen molar-refractivity contribution in [1.29, 1.82) is 0 Å². The van der Waals surface area contributed by atoms with Gasteiger partial charge in [0.2, 0.25) is 0 Å². The van der Waals surface area contributed by atoms with Crippen LogP contribution in [0.25, 0.3) is 0 Å². The van der Waals surface area contributed by atoms with Gasteiger partial charge >= 0.3 is 0 Å². The van der Waals surface area contributed by atoms with Crippen molar-refractivity contribution in [2.75, 3.05) is 6.61 Å². The zero-order chi connectivity index (χ0) is 17.8. The summed E-state index contributed by atoms with van der Waals surface area (Å²) in [5, 5.41) is 9.15. The lowest BCUT2D eigenvalue weighted by Gasteiger charge is -2.25. The van der Waals surface area contributed by atoms with Crippen LogP contribution in [0.3, 0.4) is 0 Å². The molecule has 0 aliphatic carbocycles. The van der Waals surface area contributed by atoms with Crippen LogP contribution >= 0.6 is 0 Å². The first-order chi connectivity index (χ1) is 11.2. The molecule has 0 bridgehead atoms. The molecule has 130 valence electrons.